The summed E-state index contributed by atoms with van der Waals surface area (Å²) >= 11 is 1.20. The number of carbonyl (C=O) groups is 3. The number of ether oxygens (including phenoxy) is 3. The number of nitrogens with one attached hydrogen (secondary N) is 1. The number of rotatable bonds is 6. The van der Waals surface area contributed by atoms with Gasteiger partial charge in [0.15, 0.2) is 6.61 Å². The van der Waals surface area contributed by atoms with Gasteiger partial charge in [-0.2, -0.15) is 0 Å². The van der Waals surface area contributed by atoms with Crippen LogP contribution in [-0.4, -0.2) is 38.6 Å². The van der Waals surface area contributed by atoms with Crippen LogP contribution >= 0.6 is 11.3 Å². The number of methoxy groups -OCH3 is 2. The van der Waals surface area contributed by atoms with Gasteiger partial charge >= 0.3 is 5.97 Å². The number of amides is 2. The predicted octanol–water partition coefficient (Wildman–Crippen LogP) is 1.88. The summed E-state index contributed by atoms with van der Waals surface area (Å²) in [5.41, 5.74) is 0.0693. The van der Waals surface area contributed by atoms with E-state index in [1.165, 1.54) is 25.6 Å². The number of hydrogen-bond acceptors (Lipinski definition) is 7. The molecule has 0 aliphatic carbocycles. The van der Waals surface area contributed by atoms with Crippen LogP contribution in [0.25, 0.3) is 0 Å². The third-order valence-corrected chi connectivity index (χ3v) is 3.83. The lowest BCUT2D eigenvalue weighted by atomic mass is 10.2. The quantitative estimate of drug-likeness (QED) is 0.801. The highest BCUT2D eigenvalue weighted by Gasteiger charge is 2.21. The van der Waals surface area contributed by atoms with Crippen molar-refractivity contribution >= 4 is 29.1 Å². The highest BCUT2D eigenvalue weighted by Crippen LogP contribution is 2.28. The summed E-state index contributed by atoms with van der Waals surface area (Å²) in [6.07, 6.45) is 0. The Kier molecular flexibility index (Phi) is 5.91. The van der Waals surface area contributed by atoms with Crippen LogP contribution in [0.5, 0.6) is 11.5 Å². The van der Waals surface area contributed by atoms with Gasteiger partial charge in [0, 0.05) is 0 Å². The Hall–Kier alpha value is -2.87. The van der Waals surface area contributed by atoms with Crippen molar-refractivity contribution in [2.24, 2.45) is 0 Å². The first-order chi connectivity index (χ1) is 11.6. The number of carbonyl (C=O) groups excluding carboxylic acids is 3. The average molecular weight is 349 g/mol. The first kappa shape index (κ1) is 17.5. The Labute approximate surface area is 142 Å². The molecule has 0 saturated heterocycles. The molecule has 1 aromatic carbocycles. The molecule has 7 nitrogen and oxygen atoms in total. The van der Waals surface area contributed by atoms with Crippen LogP contribution in [0.3, 0.4) is 0 Å². The molecule has 0 saturated carbocycles. The number of hydrogen-bond donors (Lipinski definition) is 1. The summed E-state index contributed by atoms with van der Waals surface area (Å²) < 4.78 is 15.1. The van der Waals surface area contributed by atoms with Crippen molar-refractivity contribution in [2.45, 2.75) is 0 Å². The number of esters is 1. The molecule has 2 aromatic rings. The first-order valence-corrected chi connectivity index (χ1v) is 7.70. The van der Waals surface area contributed by atoms with Crippen LogP contribution in [0.2, 0.25) is 0 Å². The fraction of sp³-hybridized carbons (Fsp3) is 0.188. The van der Waals surface area contributed by atoms with Gasteiger partial charge in [-0.05, 0) is 23.6 Å². The van der Waals surface area contributed by atoms with Crippen LogP contribution < -0.4 is 14.8 Å². The minimum Gasteiger partial charge on any atom is -0.496 e. The molecule has 8 heteroatoms. The van der Waals surface area contributed by atoms with Gasteiger partial charge in [0.05, 0.1) is 19.1 Å². The lowest BCUT2D eigenvalue weighted by Gasteiger charge is -2.12. The minimum absolute atomic E-state index is 0.0693. The molecular formula is C16H15NO6S. The number of thiophene rings is 1. The highest BCUT2D eigenvalue weighted by molar-refractivity contribution is 7.12. The smallest absolute Gasteiger partial charge is 0.346 e. The SMILES string of the molecule is COc1cccc(OC)c1C(=O)OCC(=O)NC(=O)c1cccs1. The van der Waals surface area contributed by atoms with Crippen molar-refractivity contribution in [1.82, 2.24) is 5.32 Å². The molecule has 24 heavy (non-hydrogen) atoms. The van der Waals surface area contributed by atoms with E-state index in [0.717, 1.165) is 0 Å². The van der Waals surface area contributed by atoms with E-state index in [0.29, 0.717) is 4.88 Å². The van der Waals surface area contributed by atoms with E-state index >= 15 is 0 Å². The number of benzene rings is 1. The molecule has 1 aromatic heterocycles. The molecule has 0 bridgehead atoms. The maximum atomic E-state index is 12.2. The van der Waals surface area contributed by atoms with Gasteiger partial charge in [-0.25, -0.2) is 4.79 Å². The standard InChI is InChI=1S/C16H15NO6S/c1-21-10-5-3-6-11(22-2)14(10)16(20)23-9-13(18)17-15(19)12-7-4-8-24-12/h3-8H,9H2,1-2H3,(H,17,18,19). The van der Waals surface area contributed by atoms with Crippen molar-refractivity contribution in [3.63, 3.8) is 0 Å². The molecule has 0 aliphatic heterocycles. The molecule has 1 N–H and O–H groups in total. The monoisotopic (exact) mass is 349 g/mol. The Morgan fingerprint density at radius 2 is 1.71 bits per heavy atom. The van der Waals surface area contributed by atoms with Gasteiger partial charge in [0.1, 0.15) is 17.1 Å². The predicted molar refractivity (Wildman–Crippen MR) is 86.6 cm³/mol. The van der Waals surface area contributed by atoms with Crippen molar-refractivity contribution in [1.29, 1.82) is 0 Å². The van der Waals surface area contributed by atoms with Crippen LogP contribution in [-0.2, 0) is 9.53 Å². The van der Waals surface area contributed by atoms with Gasteiger partial charge in [-0.15, -0.1) is 11.3 Å². The zero-order chi connectivity index (χ0) is 17.5. The maximum absolute atomic E-state index is 12.2. The zero-order valence-corrected chi connectivity index (χ0v) is 13.8. The van der Waals surface area contributed by atoms with Gasteiger partial charge in [0.25, 0.3) is 11.8 Å². The molecule has 0 radical (unpaired) electrons. The van der Waals surface area contributed by atoms with Crippen molar-refractivity contribution in [3.05, 3.63) is 46.2 Å². The Morgan fingerprint density at radius 3 is 2.25 bits per heavy atom. The molecular weight excluding hydrogens is 334 g/mol. The third-order valence-electron chi connectivity index (χ3n) is 2.96. The topological polar surface area (TPSA) is 90.9 Å². The molecule has 2 rings (SSSR count). The van der Waals surface area contributed by atoms with E-state index in [2.05, 4.69) is 5.32 Å². The lowest BCUT2D eigenvalue weighted by Crippen LogP contribution is -2.33. The fourth-order valence-corrected chi connectivity index (χ4v) is 2.51. The van der Waals surface area contributed by atoms with E-state index in [9.17, 15) is 14.4 Å². The molecule has 2 amide bonds. The van der Waals surface area contributed by atoms with Gasteiger partial charge in [0.2, 0.25) is 0 Å². The first-order valence-electron chi connectivity index (χ1n) is 6.82. The van der Waals surface area contributed by atoms with Crippen molar-refractivity contribution in [2.75, 3.05) is 20.8 Å². The van der Waals surface area contributed by atoms with Gasteiger partial charge in [-0.3, -0.25) is 14.9 Å². The highest BCUT2D eigenvalue weighted by atomic mass is 32.1. The number of imide groups is 1. The molecule has 0 unspecified atom stereocenters. The van der Waals surface area contributed by atoms with E-state index in [1.807, 2.05) is 0 Å². The van der Waals surface area contributed by atoms with E-state index in [1.54, 1.807) is 35.7 Å². The molecule has 1 heterocycles. The van der Waals surface area contributed by atoms with Crippen LogP contribution in [0.1, 0.15) is 20.0 Å². The Balaban J connectivity index is 1.98. The van der Waals surface area contributed by atoms with E-state index in [4.69, 9.17) is 14.2 Å². The molecule has 0 spiro atoms. The Morgan fingerprint density at radius 1 is 1.04 bits per heavy atom. The van der Waals surface area contributed by atoms with E-state index < -0.39 is 24.4 Å². The normalized spacial score (nSPS) is 9.92. The van der Waals surface area contributed by atoms with Crippen molar-refractivity contribution in [3.8, 4) is 11.5 Å². The lowest BCUT2D eigenvalue weighted by molar-refractivity contribution is -0.123. The van der Waals surface area contributed by atoms with Crippen LogP contribution in [0.15, 0.2) is 35.7 Å². The van der Waals surface area contributed by atoms with Gasteiger partial charge in [-0.1, -0.05) is 12.1 Å². The second-order valence-electron chi connectivity index (χ2n) is 4.47. The third kappa shape index (κ3) is 4.11. The fourth-order valence-electron chi connectivity index (χ4n) is 1.89. The zero-order valence-electron chi connectivity index (χ0n) is 13.0. The summed E-state index contributed by atoms with van der Waals surface area (Å²) in [5, 5.41) is 3.85. The van der Waals surface area contributed by atoms with Crippen molar-refractivity contribution < 1.29 is 28.6 Å². The Bertz CT molecular complexity index is 719. The largest absolute Gasteiger partial charge is 0.496 e. The minimum atomic E-state index is -0.789. The van der Waals surface area contributed by atoms with Gasteiger partial charge < -0.3 is 14.2 Å². The summed E-state index contributed by atoms with van der Waals surface area (Å²) in [7, 11) is 2.80. The second kappa shape index (κ2) is 8.11. The molecule has 0 aliphatic rings. The van der Waals surface area contributed by atoms with E-state index in [-0.39, 0.29) is 17.1 Å². The average Bonchev–Trinajstić information content (AvgIpc) is 3.13. The summed E-state index contributed by atoms with van der Waals surface area (Å²) in [4.78, 5) is 36.0. The molecule has 126 valence electrons. The second-order valence-corrected chi connectivity index (χ2v) is 5.42. The summed E-state index contributed by atoms with van der Waals surface area (Å²) in [6, 6.07) is 8.07. The van der Waals surface area contributed by atoms with Crippen LogP contribution in [0, 0.1) is 0 Å². The summed E-state index contributed by atoms with van der Waals surface area (Å²) in [5.74, 6) is -1.54. The maximum Gasteiger partial charge on any atom is 0.346 e. The molecule has 0 atom stereocenters. The summed E-state index contributed by atoms with van der Waals surface area (Å²) in [6.45, 7) is -0.600. The van der Waals surface area contributed by atoms with Crippen LogP contribution in [0.4, 0.5) is 0 Å². The molecule has 0 fully saturated rings.